The van der Waals surface area contributed by atoms with Gasteiger partial charge in [0.1, 0.15) is 0 Å². The first kappa shape index (κ1) is 23.5. The third-order valence-corrected chi connectivity index (χ3v) is 7.69. The number of benzene rings is 2. The van der Waals surface area contributed by atoms with Gasteiger partial charge in [0, 0.05) is 39.1 Å². The summed E-state index contributed by atoms with van der Waals surface area (Å²) in [5, 5.41) is 6.12. The SMILES string of the molecule is O=C(NCC(=O)N1CCC(c2ccccc2CN2CCCC2=O)CC1)C1Cc2ccccc2CN1. The number of nitrogens with zero attached hydrogens (tertiary/aromatic N) is 2. The number of hydrogen-bond acceptors (Lipinski definition) is 4. The molecule has 0 bridgehead atoms. The molecule has 0 aromatic heterocycles. The molecule has 2 N–H and O–H groups in total. The van der Waals surface area contributed by atoms with Gasteiger partial charge in [-0.15, -0.1) is 0 Å². The summed E-state index contributed by atoms with van der Waals surface area (Å²) in [6.45, 7) is 3.60. The molecule has 3 aliphatic rings. The lowest BCUT2D eigenvalue weighted by Gasteiger charge is -2.33. The van der Waals surface area contributed by atoms with E-state index in [9.17, 15) is 14.4 Å². The van der Waals surface area contributed by atoms with Crippen molar-refractivity contribution in [1.82, 2.24) is 20.4 Å². The van der Waals surface area contributed by atoms with Crippen molar-refractivity contribution in [1.29, 1.82) is 0 Å². The van der Waals surface area contributed by atoms with Crippen LogP contribution in [0.1, 0.15) is 53.9 Å². The molecule has 3 amide bonds. The van der Waals surface area contributed by atoms with E-state index in [2.05, 4.69) is 41.0 Å². The van der Waals surface area contributed by atoms with Crippen LogP contribution in [-0.2, 0) is 33.9 Å². The van der Waals surface area contributed by atoms with E-state index < -0.39 is 0 Å². The van der Waals surface area contributed by atoms with Crippen LogP contribution in [-0.4, -0.2) is 59.7 Å². The van der Waals surface area contributed by atoms with Crippen LogP contribution in [0.2, 0.25) is 0 Å². The average molecular weight is 475 g/mol. The molecule has 1 unspecified atom stereocenters. The van der Waals surface area contributed by atoms with E-state index in [0.717, 1.165) is 25.8 Å². The van der Waals surface area contributed by atoms with Crippen molar-refractivity contribution in [2.75, 3.05) is 26.2 Å². The lowest BCUT2D eigenvalue weighted by Crippen LogP contribution is -2.50. The molecule has 2 aromatic carbocycles. The van der Waals surface area contributed by atoms with Gasteiger partial charge in [0.25, 0.3) is 0 Å². The summed E-state index contributed by atoms with van der Waals surface area (Å²) in [5.74, 6) is 0.487. The molecular formula is C28H34N4O3. The van der Waals surface area contributed by atoms with Crippen LogP contribution in [0.5, 0.6) is 0 Å². The zero-order valence-corrected chi connectivity index (χ0v) is 20.2. The number of rotatable bonds is 6. The van der Waals surface area contributed by atoms with Crippen LogP contribution >= 0.6 is 0 Å². The Labute approximate surface area is 206 Å². The maximum absolute atomic E-state index is 12.8. The number of carbonyl (C=O) groups excluding carboxylic acids is 3. The number of amides is 3. The van der Waals surface area contributed by atoms with Crippen molar-refractivity contribution >= 4 is 17.7 Å². The molecule has 35 heavy (non-hydrogen) atoms. The van der Waals surface area contributed by atoms with Gasteiger partial charge in [-0.25, -0.2) is 0 Å². The van der Waals surface area contributed by atoms with Gasteiger partial charge in [-0.2, -0.15) is 0 Å². The predicted octanol–water partition coefficient (Wildman–Crippen LogP) is 2.35. The smallest absolute Gasteiger partial charge is 0.241 e. The van der Waals surface area contributed by atoms with E-state index in [1.807, 2.05) is 28.0 Å². The molecule has 2 saturated heterocycles. The first-order chi connectivity index (χ1) is 17.1. The van der Waals surface area contributed by atoms with E-state index >= 15 is 0 Å². The van der Waals surface area contributed by atoms with Crippen molar-refractivity contribution in [3.63, 3.8) is 0 Å². The monoisotopic (exact) mass is 474 g/mol. The summed E-state index contributed by atoms with van der Waals surface area (Å²) in [5.41, 5.74) is 4.94. The lowest BCUT2D eigenvalue weighted by atomic mass is 9.86. The Morgan fingerprint density at radius 3 is 2.49 bits per heavy atom. The predicted molar refractivity (Wildman–Crippen MR) is 133 cm³/mol. The quantitative estimate of drug-likeness (QED) is 0.674. The molecule has 0 spiro atoms. The van der Waals surface area contributed by atoms with Crippen LogP contribution in [0.4, 0.5) is 0 Å². The van der Waals surface area contributed by atoms with Gasteiger partial charge >= 0.3 is 0 Å². The average Bonchev–Trinajstić information content (AvgIpc) is 3.31. The highest BCUT2D eigenvalue weighted by Gasteiger charge is 2.28. The third kappa shape index (κ3) is 5.40. The Kier molecular flexibility index (Phi) is 7.13. The van der Waals surface area contributed by atoms with Gasteiger partial charge in [0.05, 0.1) is 12.6 Å². The summed E-state index contributed by atoms with van der Waals surface area (Å²) in [6, 6.07) is 16.3. The van der Waals surface area contributed by atoms with Gasteiger partial charge in [-0.1, -0.05) is 48.5 Å². The summed E-state index contributed by atoms with van der Waals surface area (Å²) < 4.78 is 0. The van der Waals surface area contributed by atoms with E-state index in [1.54, 1.807) is 0 Å². The van der Waals surface area contributed by atoms with Crippen molar-refractivity contribution in [2.24, 2.45) is 0 Å². The summed E-state index contributed by atoms with van der Waals surface area (Å²) in [6.07, 6.45) is 4.03. The Hall–Kier alpha value is -3.19. The first-order valence-electron chi connectivity index (χ1n) is 12.8. The van der Waals surface area contributed by atoms with Gasteiger partial charge < -0.3 is 20.4 Å². The molecule has 0 radical (unpaired) electrons. The fourth-order valence-electron chi connectivity index (χ4n) is 5.63. The van der Waals surface area contributed by atoms with Gasteiger partial charge in [-0.05, 0) is 53.9 Å². The van der Waals surface area contributed by atoms with Crippen molar-refractivity contribution in [3.8, 4) is 0 Å². The Morgan fingerprint density at radius 2 is 1.71 bits per heavy atom. The van der Waals surface area contributed by atoms with Crippen LogP contribution in [0.15, 0.2) is 48.5 Å². The molecule has 184 valence electrons. The van der Waals surface area contributed by atoms with E-state index in [0.29, 0.717) is 44.9 Å². The minimum absolute atomic E-state index is 0.0241. The molecule has 0 saturated carbocycles. The van der Waals surface area contributed by atoms with Gasteiger partial charge in [0.15, 0.2) is 0 Å². The van der Waals surface area contributed by atoms with E-state index in [-0.39, 0.29) is 30.3 Å². The van der Waals surface area contributed by atoms with Gasteiger partial charge in [-0.3, -0.25) is 14.4 Å². The van der Waals surface area contributed by atoms with Crippen LogP contribution < -0.4 is 10.6 Å². The zero-order valence-electron chi connectivity index (χ0n) is 20.2. The highest BCUT2D eigenvalue weighted by Crippen LogP contribution is 2.31. The molecule has 7 heteroatoms. The molecule has 0 aliphatic carbocycles. The number of piperidine rings is 1. The number of fused-ring (bicyclic) bond motifs is 1. The highest BCUT2D eigenvalue weighted by atomic mass is 16.2. The van der Waals surface area contributed by atoms with E-state index in [4.69, 9.17) is 0 Å². The third-order valence-electron chi connectivity index (χ3n) is 7.69. The molecule has 7 nitrogen and oxygen atoms in total. The van der Waals surface area contributed by atoms with Crippen molar-refractivity contribution in [3.05, 3.63) is 70.8 Å². The second-order valence-electron chi connectivity index (χ2n) is 9.90. The molecular weight excluding hydrogens is 440 g/mol. The maximum Gasteiger partial charge on any atom is 0.241 e. The zero-order chi connectivity index (χ0) is 24.2. The molecule has 3 aliphatic heterocycles. The number of likely N-dealkylation sites (tertiary alicyclic amines) is 2. The van der Waals surface area contributed by atoms with E-state index in [1.165, 1.54) is 22.3 Å². The second kappa shape index (κ2) is 10.6. The number of hydrogen-bond donors (Lipinski definition) is 2. The lowest BCUT2D eigenvalue weighted by molar-refractivity contribution is -0.134. The minimum Gasteiger partial charge on any atom is -0.346 e. The minimum atomic E-state index is -0.303. The highest BCUT2D eigenvalue weighted by molar-refractivity contribution is 5.88. The number of carbonyl (C=O) groups is 3. The van der Waals surface area contributed by atoms with Crippen LogP contribution in [0.3, 0.4) is 0 Å². The largest absolute Gasteiger partial charge is 0.346 e. The maximum atomic E-state index is 12.8. The Balaban J connectivity index is 1.11. The normalized spacial score (nSPS) is 20.6. The summed E-state index contributed by atoms with van der Waals surface area (Å²) in [4.78, 5) is 41.4. The second-order valence-corrected chi connectivity index (χ2v) is 9.90. The molecule has 5 rings (SSSR count). The van der Waals surface area contributed by atoms with Crippen LogP contribution in [0, 0.1) is 0 Å². The fourth-order valence-corrected chi connectivity index (χ4v) is 5.63. The molecule has 2 fully saturated rings. The topological polar surface area (TPSA) is 81.8 Å². The summed E-state index contributed by atoms with van der Waals surface area (Å²) in [7, 11) is 0. The Morgan fingerprint density at radius 1 is 0.971 bits per heavy atom. The number of nitrogens with one attached hydrogen (secondary N) is 2. The summed E-state index contributed by atoms with van der Waals surface area (Å²) >= 11 is 0. The Bertz CT molecular complexity index is 1090. The van der Waals surface area contributed by atoms with Crippen molar-refractivity contribution in [2.45, 2.75) is 57.2 Å². The van der Waals surface area contributed by atoms with Crippen LogP contribution in [0.25, 0.3) is 0 Å². The standard InChI is InChI=1S/C28H34N4O3/c33-26-10-5-13-32(26)19-23-8-3-4-9-24(23)20-11-14-31(15-12-20)27(34)18-30-28(35)25-16-21-6-1-2-7-22(21)17-29-25/h1-4,6-9,20,25,29H,5,10-19H2,(H,30,35). The van der Waals surface area contributed by atoms with Gasteiger partial charge in [0.2, 0.25) is 17.7 Å². The molecule has 1 atom stereocenters. The van der Waals surface area contributed by atoms with Crippen molar-refractivity contribution < 1.29 is 14.4 Å². The molecule has 3 heterocycles. The molecule has 2 aromatic rings. The fraction of sp³-hybridized carbons (Fsp3) is 0.464. The first-order valence-corrected chi connectivity index (χ1v) is 12.8.